The van der Waals surface area contributed by atoms with Crippen LogP contribution in [-0.4, -0.2) is 22.6 Å². The molecule has 0 spiro atoms. The summed E-state index contributed by atoms with van der Waals surface area (Å²) in [4.78, 5) is 9.93. The van der Waals surface area contributed by atoms with Gasteiger partial charge in [0.15, 0.2) is 0 Å². The number of fused-ring (bicyclic) bond motifs is 2. The fourth-order valence-corrected chi connectivity index (χ4v) is 10.0. The van der Waals surface area contributed by atoms with E-state index in [0.717, 1.165) is 57.5 Å². The van der Waals surface area contributed by atoms with Gasteiger partial charge in [-0.1, -0.05) is 171 Å². The van der Waals surface area contributed by atoms with Gasteiger partial charge in [-0.3, -0.25) is 4.98 Å². The monoisotopic (exact) mass is 1010 g/mol. The number of rotatable bonds is 10. The summed E-state index contributed by atoms with van der Waals surface area (Å²) in [6.45, 7) is 27.7. The number of furan rings is 1. The summed E-state index contributed by atoms with van der Waals surface area (Å²) < 4.78 is 8.40. The van der Waals surface area contributed by atoms with Gasteiger partial charge in [0.25, 0.3) is 0 Å². The van der Waals surface area contributed by atoms with E-state index in [-0.39, 0.29) is 25.5 Å². The minimum atomic E-state index is -1.34. The molecule has 0 saturated carbocycles. The average molecular weight is 1010 g/mol. The Bertz CT molecular complexity index is 2720. The van der Waals surface area contributed by atoms with E-state index in [9.17, 15) is 0 Å². The predicted octanol–water partition coefficient (Wildman–Crippen LogP) is 15.0. The Kier molecular flexibility index (Phi) is 14.5. The van der Waals surface area contributed by atoms with Crippen molar-refractivity contribution in [1.82, 2.24) is 14.5 Å². The van der Waals surface area contributed by atoms with Gasteiger partial charge in [0.2, 0.25) is 0 Å². The first kappa shape index (κ1) is 46.6. The van der Waals surface area contributed by atoms with E-state index in [1.165, 1.54) is 44.3 Å². The number of imidazole rings is 1. The number of nitrogens with zero attached hydrogens (tertiary/aromatic N) is 3. The zero-order chi connectivity index (χ0) is 43.6. The van der Waals surface area contributed by atoms with Crippen LogP contribution in [0.5, 0.6) is 0 Å². The maximum atomic E-state index is 6.03. The summed E-state index contributed by atoms with van der Waals surface area (Å²) in [5.74, 6) is 2.15. The molecule has 6 heteroatoms. The van der Waals surface area contributed by atoms with Gasteiger partial charge < -0.3 is 14.0 Å². The molecule has 3 heterocycles. The predicted molar refractivity (Wildman–Crippen MR) is 262 cm³/mol. The first-order chi connectivity index (χ1) is 29.0. The van der Waals surface area contributed by atoms with Crippen LogP contribution in [0.3, 0.4) is 0 Å². The average Bonchev–Trinajstić information content (AvgIpc) is 3.81. The van der Waals surface area contributed by atoms with E-state index in [1.54, 1.807) is 0 Å². The topological polar surface area (TPSA) is 43.9 Å². The summed E-state index contributed by atoms with van der Waals surface area (Å²) in [6, 6.07) is 44.0. The van der Waals surface area contributed by atoms with Gasteiger partial charge in [0, 0.05) is 43.8 Å². The molecule has 0 saturated heterocycles. The summed E-state index contributed by atoms with van der Waals surface area (Å²) in [5.41, 5.74) is 15.2. The fourth-order valence-electron chi connectivity index (χ4n) is 8.43. The standard InChI is InChI=1S/C38H39N2O.C18H24NSi.Ir/c1-24(2)29-20-28(27-13-9-8-10-14-27)21-30(25(3)4)36(29)40-34-16-12-11-15-33(34)39-37(40)32-23-41-35-18-17-26(19-31(32)35)22-38(5,6)7;1-14(2)11-16-12-17(15-9-7-6-8-10-15)19-13-18(16)20(3,4)5;/h8-21,24-25H,22H2,1-7H3;6-9,12-14H,11H2,1-5H3;/q2*-1;. The van der Waals surface area contributed by atoms with Crippen LogP contribution in [0.2, 0.25) is 19.6 Å². The van der Waals surface area contributed by atoms with Crippen molar-refractivity contribution in [2.75, 3.05) is 0 Å². The molecule has 0 fully saturated rings. The van der Waals surface area contributed by atoms with Crippen LogP contribution in [0.4, 0.5) is 0 Å². The fraction of sp³-hybridized carbons (Fsp3) is 0.321. The van der Waals surface area contributed by atoms with Crippen LogP contribution in [0.15, 0.2) is 126 Å². The number of hydrogen-bond donors (Lipinski definition) is 0. The molecule has 0 amide bonds. The number of aromatic nitrogens is 3. The van der Waals surface area contributed by atoms with Gasteiger partial charge in [-0.25, -0.2) is 0 Å². The van der Waals surface area contributed by atoms with Crippen molar-refractivity contribution in [2.45, 2.75) is 107 Å². The number of para-hydroxylation sites is 2. The van der Waals surface area contributed by atoms with E-state index in [4.69, 9.17) is 9.40 Å². The van der Waals surface area contributed by atoms with Crippen LogP contribution in [-0.2, 0) is 32.9 Å². The molecule has 8 rings (SSSR count). The second-order valence-corrected chi connectivity index (χ2v) is 25.0. The molecule has 0 unspecified atom stereocenters. The molecule has 0 aliphatic rings. The number of hydrogen-bond acceptors (Lipinski definition) is 3. The molecule has 4 nitrogen and oxygen atoms in total. The van der Waals surface area contributed by atoms with Gasteiger partial charge in [-0.05, 0) is 93.4 Å². The molecular formula is C56H63IrN3OSi-2. The van der Waals surface area contributed by atoms with E-state index in [2.05, 4.69) is 207 Å². The Balaban J connectivity index is 0.000000258. The number of pyridine rings is 1. The smallest absolute Gasteiger partial charge is 0.0798 e. The van der Waals surface area contributed by atoms with Gasteiger partial charge in [0.05, 0.1) is 24.9 Å². The Morgan fingerprint density at radius 1 is 0.742 bits per heavy atom. The minimum Gasteiger partial charge on any atom is -0.557 e. The summed E-state index contributed by atoms with van der Waals surface area (Å²) in [6.07, 6.45) is 7.49. The normalized spacial score (nSPS) is 12.0. The first-order valence-corrected chi connectivity index (χ1v) is 25.6. The van der Waals surface area contributed by atoms with Crippen molar-refractivity contribution in [3.63, 3.8) is 0 Å². The van der Waals surface area contributed by atoms with Gasteiger partial charge in [0.1, 0.15) is 0 Å². The third-order valence-corrected chi connectivity index (χ3v) is 13.3. The molecule has 8 aromatic rings. The molecular weight excluding hydrogens is 951 g/mol. The van der Waals surface area contributed by atoms with Crippen LogP contribution in [0.25, 0.3) is 61.5 Å². The SMILES string of the molecule is CC(C)Cc1cc(-c2[c-]cccc2)ncc1[Si](C)(C)C.CC(C)c1cc(-c2ccccc2)cc(C(C)C)c1-n1c(-c2[c-]oc3ccc(CC(C)(C)C)cc23)nc2ccccc21.[Ir]. The molecule has 0 atom stereocenters. The molecule has 0 N–H and O–H groups in total. The number of benzene rings is 5. The minimum absolute atomic E-state index is 0. The van der Waals surface area contributed by atoms with E-state index in [0.29, 0.717) is 17.8 Å². The maximum Gasteiger partial charge on any atom is 0.0798 e. The molecule has 62 heavy (non-hydrogen) atoms. The third-order valence-electron chi connectivity index (χ3n) is 11.2. The third kappa shape index (κ3) is 10.5. The Labute approximate surface area is 385 Å². The molecule has 1 radical (unpaired) electrons. The van der Waals surface area contributed by atoms with Gasteiger partial charge >= 0.3 is 0 Å². The quantitative estimate of drug-likeness (QED) is 0.101. The van der Waals surface area contributed by atoms with Crippen molar-refractivity contribution < 1.29 is 24.5 Å². The van der Waals surface area contributed by atoms with Crippen molar-refractivity contribution >= 4 is 35.3 Å². The van der Waals surface area contributed by atoms with E-state index in [1.807, 2.05) is 18.2 Å². The first-order valence-electron chi connectivity index (χ1n) is 22.1. The van der Waals surface area contributed by atoms with Crippen molar-refractivity contribution in [3.05, 3.63) is 156 Å². The van der Waals surface area contributed by atoms with E-state index >= 15 is 0 Å². The van der Waals surface area contributed by atoms with E-state index < -0.39 is 8.07 Å². The molecule has 5 aromatic carbocycles. The molecule has 0 bridgehead atoms. The summed E-state index contributed by atoms with van der Waals surface area (Å²) in [7, 11) is -1.34. The molecule has 3 aromatic heterocycles. The molecule has 323 valence electrons. The van der Waals surface area contributed by atoms with Crippen molar-refractivity contribution in [2.24, 2.45) is 11.3 Å². The van der Waals surface area contributed by atoms with Crippen LogP contribution < -0.4 is 5.19 Å². The van der Waals surface area contributed by atoms with Crippen molar-refractivity contribution in [3.8, 4) is 39.5 Å². The van der Waals surface area contributed by atoms with Gasteiger partial charge in [-0.15, -0.1) is 35.9 Å². The summed E-state index contributed by atoms with van der Waals surface area (Å²) in [5, 5.41) is 2.55. The Morgan fingerprint density at radius 2 is 1.40 bits per heavy atom. The Morgan fingerprint density at radius 3 is 2.02 bits per heavy atom. The zero-order valence-electron chi connectivity index (χ0n) is 38.8. The Hall–Kier alpha value is -4.87. The summed E-state index contributed by atoms with van der Waals surface area (Å²) >= 11 is 0. The van der Waals surface area contributed by atoms with Crippen LogP contribution in [0.1, 0.15) is 96.4 Å². The van der Waals surface area contributed by atoms with Crippen LogP contribution >= 0.6 is 0 Å². The van der Waals surface area contributed by atoms with Crippen molar-refractivity contribution in [1.29, 1.82) is 0 Å². The second-order valence-electron chi connectivity index (χ2n) is 19.9. The van der Waals surface area contributed by atoms with Gasteiger partial charge in [-0.2, -0.15) is 0 Å². The van der Waals surface area contributed by atoms with Crippen LogP contribution in [0, 0.1) is 23.7 Å². The zero-order valence-corrected chi connectivity index (χ0v) is 42.2. The largest absolute Gasteiger partial charge is 0.557 e. The maximum absolute atomic E-state index is 6.03. The molecule has 0 aliphatic heterocycles. The second kappa shape index (κ2) is 19.3. The molecule has 0 aliphatic carbocycles.